The molecule has 19 heavy (non-hydrogen) atoms. The number of nitrogens with zero attached hydrogens (tertiary/aromatic N) is 1. The molecule has 3 heteroatoms. The fraction of sp³-hybridized carbons (Fsp3) is 0.625. The van der Waals surface area contributed by atoms with Gasteiger partial charge in [0.05, 0.1) is 6.61 Å². The molecule has 2 fully saturated rings. The molecule has 2 aliphatic rings. The minimum Gasteiger partial charge on any atom is -0.380 e. The number of hydrogen-bond acceptors (Lipinski definition) is 3. The van der Waals surface area contributed by atoms with Gasteiger partial charge in [0.15, 0.2) is 0 Å². The summed E-state index contributed by atoms with van der Waals surface area (Å²) in [7, 11) is 1.74. The highest BCUT2D eigenvalue weighted by Gasteiger charge is 2.41. The van der Waals surface area contributed by atoms with Crippen molar-refractivity contribution in [2.45, 2.75) is 38.0 Å². The zero-order chi connectivity index (χ0) is 13.2. The number of benzene rings is 1. The predicted molar refractivity (Wildman–Crippen MR) is 76.8 cm³/mol. The summed E-state index contributed by atoms with van der Waals surface area (Å²) in [4.78, 5) is 2.68. The van der Waals surface area contributed by atoms with Gasteiger partial charge in [0.2, 0.25) is 0 Å². The quantitative estimate of drug-likeness (QED) is 0.883. The first-order valence-corrected chi connectivity index (χ1v) is 7.37. The van der Waals surface area contributed by atoms with Gasteiger partial charge in [0.1, 0.15) is 0 Å². The first kappa shape index (κ1) is 13.1. The summed E-state index contributed by atoms with van der Waals surface area (Å²) in [6, 6.07) is 10.3. The molecule has 2 atom stereocenters. The van der Waals surface area contributed by atoms with E-state index in [2.05, 4.69) is 29.2 Å². The summed E-state index contributed by atoms with van der Waals surface area (Å²) >= 11 is 0. The molecule has 1 aromatic carbocycles. The first-order chi connectivity index (χ1) is 9.33. The first-order valence-electron chi connectivity index (χ1n) is 7.37. The summed E-state index contributed by atoms with van der Waals surface area (Å²) in [5, 5.41) is 0. The summed E-state index contributed by atoms with van der Waals surface area (Å²) in [6.07, 6.45) is 3.99. The maximum absolute atomic E-state index is 5.98. The van der Waals surface area contributed by atoms with Gasteiger partial charge in [-0.3, -0.25) is 4.90 Å². The lowest BCUT2D eigenvalue weighted by molar-refractivity contribution is 0.184. The molecule has 1 aromatic rings. The molecule has 3 rings (SSSR count). The smallest absolute Gasteiger partial charge is 0.0713 e. The van der Waals surface area contributed by atoms with E-state index >= 15 is 0 Å². The molecule has 104 valence electrons. The summed E-state index contributed by atoms with van der Waals surface area (Å²) in [5.74, 6) is 0.619. The largest absolute Gasteiger partial charge is 0.380 e. The van der Waals surface area contributed by atoms with Crippen LogP contribution >= 0.6 is 0 Å². The molecule has 2 N–H and O–H groups in total. The van der Waals surface area contributed by atoms with Crippen LogP contribution in [0.3, 0.4) is 0 Å². The molecule has 2 unspecified atom stereocenters. The van der Waals surface area contributed by atoms with Crippen LogP contribution in [0, 0.1) is 5.92 Å². The zero-order valence-corrected chi connectivity index (χ0v) is 11.7. The number of ether oxygens (including phenoxy) is 1. The van der Waals surface area contributed by atoms with Crippen LogP contribution in [-0.2, 0) is 11.3 Å². The number of hydrogen-bond donors (Lipinski definition) is 1. The topological polar surface area (TPSA) is 38.5 Å². The van der Waals surface area contributed by atoms with Gasteiger partial charge in [-0.05, 0) is 49.4 Å². The molecule has 3 nitrogen and oxygen atoms in total. The van der Waals surface area contributed by atoms with Crippen LogP contribution in [0.2, 0.25) is 0 Å². The van der Waals surface area contributed by atoms with Crippen molar-refractivity contribution in [1.29, 1.82) is 0 Å². The molecular formula is C16H24N2O. The predicted octanol–water partition coefficient (Wildman–Crippen LogP) is 2.32. The molecule has 1 saturated heterocycles. The van der Waals surface area contributed by atoms with Gasteiger partial charge in [0.25, 0.3) is 0 Å². The van der Waals surface area contributed by atoms with Gasteiger partial charge in [0, 0.05) is 19.2 Å². The Morgan fingerprint density at radius 3 is 2.53 bits per heavy atom. The highest BCUT2D eigenvalue weighted by atomic mass is 16.5. The van der Waals surface area contributed by atoms with Crippen LogP contribution in [0.15, 0.2) is 24.3 Å². The third-order valence-electron chi connectivity index (χ3n) is 4.51. The van der Waals surface area contributed by atoms with E-state index in [0.717, 1.165) is 12.6 Å². The van der Waals surface area contributed by atoms with Crippen LogP contribution < -0.4 is 5.73 Å². The molecule has 0 radical (unpaired) electrons. The van der Waals surface area contributed by atoms with Crippen molar-refractivity contribution in [1.82, 2.24) is 4.90 Å². The molecule has 1 aliphatic carbocycles. The number of methoxy groups -OCH3 is 1. The average Bonchev–Trinajstić information content (AvgIpc) is 3.19. The maximum atomic E-state index is 5.98. The van der Waals surface area contributed by atoms with E-state index in [0.29, 0.717) is 18.6 Å². The normalized spacial score (nSPS) is 27.9. The monoisotopic (exact) mass is 260 g/mol. The van der Waals surface area contributed by atoms with Crippen molar-refractivity contribution in [3.05, 3.63) is 35.4 Å². The van der Waals surface area contributed by atoms with Crippen molar-refractivity contribution in [3.63, 3.8) is 0 Å². The number of rotatable bonds is 5. The second-order valence-corrected chi connectivity index (χ2v) is 5.87. The second kappa shape index (κ2) is 5.61. The molecule has 1 heterocycles. The van der Waals surface area contributed by atoms with Crippen LogP contribution in [0.25, 0.3) is 0 Å². The second-order valence-electron chi connectivity index (χ2n) is 5.87. The lowest BCUT2D eigenvalue weighted by Crippen LogP contribution is -2.29. The Morgan fingerprint density at radius 2 is 1.95 bits per heavy atom. The van der Waals surface area contributed by atoms with Crippen molar-refractivity contribution in [2.24, 2.45) is 11.7 Å². The molecule has 0 amide bonds. The van der Waals surface area contributed by atoms with Gasteiger partial charge in [-0.25, -0.2) is 0 Å². The van der Waals surface area contributed by atoms with E-state index in [1.807, 2.05) is 0 Å². The molecule has 0 bridgehead atoms. The minimum atomic E-state index is 0.536. The fourth-order valence-corrected chi connectivity index (χ4v) is 3.39. The maximum Gasteiger partial charge on any atom is 0.0713 e. The minimum absolute atomic E-state index is 0.536. The Bertz CT molecular complexity index is 413. The summed E-state index contributed by atoms with van der Waals surface area (Å²) < 4.78 is 5.17. The Morgan fingerprint density at radius 1 is 1.21 bits per heavy atom. The van der Waals surface area contributed by atoms with Gasteiger partial charge in [-0.2, -0.15) is 0 Å². The van der Waals surface area contributed by atoms with E-state index in [4.69, 9.17) is 10.5 Å². The third kappa shape index (κ3) is 2.69. The highest BCUT2D eigenvalue weighted by molar-refractivity contribution is 5.27. The summed E-state index contributed by atoms with van der Waals surface area (Å²) in [6.45, 7) is 2.71. The van der Waals surface area contributed by atoms with Crippen molar-refractivity contribution in [3.8, 4) is 0 Å². The molecule has 0 aromatic heterocycles. The van der Waals surface area contributed by atoms with Gasteiger partial charge >= 0.3 is 0 Å². The lowest BCUT2D eigenvalue weighted by Gasteiger charge is -2.28. The highest BCUT2D eigenvalue weighted by Crippen LogP contribution is 2.43. The standard InChI is InChI=1S/C16H24N2O/c1-19-11-12-2-4-13(5-3-12)16-14(10-17)8-9-18(16)15-6-7-15/h2-5,14-16H,6-11,17H2,1H3. The molecule has 1 aliphatic heterocycles. The van der Waals surface area contributed by atoms with Crippen molar-refractivity contribution < 1.29 is 4.74 Å². The summed E-state index contributed by atoms with van der Waals surface area (Å²) in [5.41, 5.74) is 8.65. The Hall–Kier alpha value is -0.900. The van der Waals surface area contributed by atoms with Crippen molar-refractivity contribution >= 4 is 0 Å². The van der Waals surface area contributed by atoms with Crippen LogP contribution in [-0.4, -0.2) is 31.1 Å². The van der Waals surface area contributed by atoms with Crippen LogP contribution in [0.4, 0.5) is 0 Å². The Balaban J connectivity index is 1.80. The Labute approximate surface area is 115 Å². The van der Waals surface area contributed by atoms with Crippen LogP contribution in [0.1, 0.15) is 36.4 Å². The molecule has 1 saturated carbocycles. The zero-order valence-electron chi connectivity index (χ0n) is 11.7. The van der Waals surface area contributed by atoms with Gasteiger partial charge in [-0.1, -0.05) is 24.3 Å². The average molecular weight is 260 g/mol. The number of likely N-dealkylation sites (tertiary alicyclic amines) is 1. The third-order valence-corrected chi connectivity index (χ3v) is 4.51. The van der Waals surface area contributed by atoms with E-state index in [1.54, 1.807) is 7.11 Å². The fourth-order valence-electron chi connectivity index (χ4n) is 3.39. The van der Waals surface area contributed by atoms with E-state index in [-0.39, 0.29) is 0 Å². The van der Waals surface area contributed by atoms with E-state index in [9.17, 15) is 0 Å². The molecule has 0 spiro atoms. The lowest BCUT2D eigenvalue weighted by atomic mass is 9.93. The number of nitrogens with two attached hydrogens (primary N) is 1. The van der Waals surface area contributed by atoms with E-state index < -0.39 is 0 Å². The van der Waals surface area contributed by atoms with Crippen LogP contribution in [0.5, 0.6) is 0 Å². The SMILES string of the molecule is COCc1ccc(C2C(CN)CCN2C2CC2)cc1. The van der Waals surface area contributed by atoms with E-state index in [1.165, 1.54) is 36.9 Å². The van der Waals surface area contributed by atoms with Gasteiger partial charge in [-0.15, -0.1) is 0 Å². The van der Waals surface area contributed by atoms with Crippen molar-refractivity contribution in [2.75, 3.05) is 20.2 Å². The van der Waals surface area contributed by atoms with Gasteiger partial charge < -0.3 is 10.5 Å². The Kier molecular flexibility index (Phi) is 3.87. The molecular weight excluding hydrogens is 236 g/mol.